The van der Waals surface area contributed by atoms with Crippen LogP contribution < -0.4 is 15.8 Å². The number of nitrogens with two attached hydrogens (primary N) is 1. The normalized spacial score (nSPS) is 12.5. The Labute approximate surface area is 116 Å². The summed E-state index contributed by atoms with van der Waals surface area (Å²) in [4.78, 5) is 0. The SMILES string of the molecule is C=C(CNC(C)C)COc1ccc(CC(C)N)cc1. The van der Waals surface area contributed by atoms with Crippen molar-refractivity contribution in [3.8, 4) is 5.75 Å². The molecule has 0 saturated carbocycles. The number of ether oxygens (including phenoxy) is 1. The summed E-state index contributed by atoms with van der Waals surface area (Å²) in [6.07, 6.45) is 0.894. The lowest BCUT2D eigenvalue weighted by molar-refractivity contribution is 0.347. The van der Waals surface area contributed by atoms with E-state index in [1.807, 2.05) is 19.1 Å². The van der Waals surface area contributed by atoms with Crippen LogP contribution in [0.15, 0.2) is 36.4 Å². The lowest BCUT2D eigenvalue weighted by atomic mass is 10.1. The van der Waals surface area contributed by atoms with Crippen molar-refractivity contribution in [1.29, 1.82) is 0 Å². The summed E-state index contributed by atoms with van der Waals surface area (Å²) in [6, 6.07) is 8.76. The molecule has 1 atom stereocenters. The molecule has 0 saturated heterocycles. The van der Waals surface area contributed by atoms with E-state index < -0.39 is 0 Å². The smallest absolute Gasteiger partial charge is 0.119 e. The average molecular weight is 262 g/mol. The summed E-state index contributed by atoms with van der Waals surface area (Å²) >= 11 is 0. The molecule has 0 aliphatic rings. The van der Waals surface area contributed by atoms with E-state index in [1.165, 1.54) is 5.56 Å². The molecule has 19 heavy (non-hydrogen) atoms. The average Bonchev–Trinajstić information content (AvgIpc) is 2.35. The minimum atomic E-state index is 0.189. The van der Waals surface area contributed by atoms with Crippen molar-refractivity contribution in [2.45, 2.75) is 39.3 Å². The molecule has 0 bridgehead atoms. The Balaban J connectivity index is 2.35. The monoisotopic (exact) mass is 262 g/mol. The Hall–Kier alpha value is -1.32. The molecule has 0 heterocycles. The number of hydrogen-bond donors (Lipinski definition) is 2. The van der Waals surface area contributed by atoms with E-state index in [9.17, 15) is 0 Å². The summed E-state index contributed by atoms with van der Waals surface area (Å²) in [6.45, 7) is 11.6. The first-order chi connectivity index (χ1) is 8.97. The molecule has 3 N–H and O–H groups in total. The number of rotatable bonds is 8. The molecule has 3 nitrogen and oxygen atoms in total. The summed E-state index contributed by atoms with van der Waals surface area (Å²) in [5, 5.41) is 3.32. The van der Waals surface area contributed by atoms with E-state index in [4.69, 9.17) is 10.5 Å². The second kappa shape index (κ2) is 7.97. The first kappa shape index (κ1) is 15.7. The van der Waals surface area contributed by atoms with Crippen molar-refractivity contribution in [3.63, 3.8) is 0 Å². The van der Waals surface area contributed by atoms with E-state index in [0.29, 0.717) is 12.6 Å². The molecule has 0 aliphatic heterocycles. The number of nitrogens with one attached hydrogen (secondary N) is 1. The van der Waals surface area contributed by atoms with E-state index in [2.05, 4.69) is 37.9 Å². The largest absolute Gasteiger partial charge is 0.489 e. The maximum atomic E-state index is 5.77. The van der Waals surface area contributed by atoms with Gasteiger partial charge >= 0.3 is 0 Å². The minimum absolute atomic E-state index is 0.189. The van der Waals surface area contributed by atoms with Crippen LogP contribution in [0.25, 0.3) is 0 Å². The maximum absolute atomic E-state index is 5.77. The van der Waals surface area contributed by atoms with Gasteiger partial charge in [-0.15, -0.1) is 0 Å². The fourth-order valence-electron chi connectivity index (χ4n) is 1.68. The summed E-state index contributed by atoms with van der Waals surface area (Å²) in [7, 11) is 0. The first-order valence-corrected chi connectivity index (χ1v) is 6.84. The predicted octanol–water partition coefficient (Wildman–Crippen LogP) is 2.51. The Bertz CT molecular complexity index is 382. The van der Waals surface area contributed by atoms with Gasteiger partial charge in [0.1, 0.15) is 12.4 Å². The summed E-state index contributed by atoms with van der Waals surface area (Å²) in [5.74, 6) is 0.874. The molecule has 1 rings (SSSR count). The van der Waals surface area contributed by atoms with Gasteiger partial charge < -0.3 is 15.8 Å². The number of benzene rings is 1. The van der Waals surface area contributed by atoms with Crippen LogP contribution in [0.5, 0.6) is 5.75 Å². The lowest BCUT2D eigenvalue weighted by Gasteiger charge is -2.12. The molecule has 0 spiro atoms. The second-order valence-corrected chi connectivity index (χ2v) is 5.40. The Kier molecular flexibility index (Phi) is 6.60. The van der Waals surface area contributed by atoms with Crippen molar-refractivity contribution >= 4 is 0 Å². The molecule has 0 amide bonds. The van der Waals surface area contributed by atoms with Crippen molar-refractivity contribution in [1.82, 2.24) is 5.32 Å². The summed E-state index contributed by atoms with van der Waals surface area (Å²) in [5.41, 5.74) is 8.06. The fraction of sp³-hybridized carbons (Fsp3) is 0.500. The Morgan fingerprint density at radius 1 is 1.26 bits per heavy atom. The third kappa shape index (κ3) is 6.99. The van der Waals surface area contributed by atoms with Crippen LogP contribution in [-0.2, 0) is 6.42 Å². The maximum Gasteiger partial charge on any atom is 0.119 e. The van der Waals surface area contributed by atoms with Gasteiger partial charge in [0.25, 0.3) is 0 Å². The predicted molar refractivity (Wildman–Crippen MR) is 81.6 cm³/mol. The van der Waals surface area contributed by atoms with Gasteiger partial charge in [0.2, 0.25) is 0 Å². The lowest BCUT2D eigenvalue weighted by Crippen LogP contribution is -2.26. The van der Waals surface area contributed by atoms with Crippen LogP contribution in [0.4, 0.5) is 0 Å². The van der Waals surface area contributed by atoms with Crippen molar-refractivity contribution in [2.24, 2.45) is 5.73 Å². The molecule has 0 fully saturated rings. The highest BCUT2D eigenvalue weighted by atomic mass is 16.5. The van der Waals surface area contributed by atoms with Crippen LogP contribution >= 0.6 is 0 Å². The second-order valence-electron chi connectivity index (χ2n) is 5.40. The van der Waals surface area contributed by atoms with Crippen LogP contribution in [-0.4, -0.2) is 25.2 Å². The molecule has 0 aliphatic carbocycles. The van der Waals surface area contributed by atoms with Gasteiger partial charge in [-0.2, -0.15) is 0 Å². The van der Waals surface area contributed by atoms with Gasteiger partial charge in [-0.05, 0) is 36.6 Å². The third-order valence-electron chi connectivity index (χ3n) is 2.68. The molecule has 1 aromatic carbocycles. The number of hydrogen-bond acceptors (Lipinski definition) is 3. The highest BCUT2D eigenvalue weighted by Crippen LogP contribution is 2.13. The van der Waals surface area contributed by atoms with E-state index in [1.54, 1.807) is 0 Å². The van der Waals surface area contributed by atoms with Gasteiger partial charge in [0, 0.05) is 18.6 Å². The Morgan fingerprint density at radius 2 is 1.89 bits per heavy atom. The van der Waals surface area contributed by atoms with Crippen LogP contribution in [0.3, 0.4) is 0 Å². The minimum Gasteiger partial charge on any atom is -0.489 e. The van der Waals surface area contributed by atoms with Gasteiger partial charge in [-0.25, -0.2) is 0 Å². The van der Waals surface area contributed by atoms with Gasteiger partial charge in [0.15, 0.2) is 0 Å². The van der Waals surface area contributed by atoms with Crippen LogP contribution in [0.1, 0.15) is 26.3 Å². The molecule has 3 heteroatoms. The molecule has 0 aromatic heterocycles. The summed E-state index contributed by atoms with van der Waals surface area (Å²) < 4.78 is 5.69. The molecule has 0 radical (unpaired) electrons. The molecular formula is C16H26N2O. The highest BCUT2D eigenvalue weighted by molar-refractivity contribution is 5.28. The van der Waals surface area contributed by atoms with Gasteiger partial charge in [0.05, 0.1) is 0 Å². The molecular weight excluding hydrogens is 236 g/mol. The molecule has 106 valence electrons. The van der Waals surface area contributed by atoms with Crippen molar-refractivity contribution in [3.05, 3.63) is 42.0 Å². The highest BCUT2D eigenvalue weighted by Gasteiger charge is 2.01. The first-order valence-electron chi connectivity index (χ1n) is 6.84. The quantitative estimate of drug-likeness (QED) is 0.708. The molecule has 1 unspecified atom stereocenters. The van der Waals surface area contributed by atoms with Gasteiger partial charge in [-0.1, -0.05) is 32.6 Å². The van der Waals surface area contributed by atoms with Gasteiger partial charge in [-0.3, -0.25) is 0 Å². The zero-order valence-electron chi connectivity index (χ0n) is 12.3. The van der Waals surface area contributed by atoms with E-state index in [0.717, 1.165) is 24.3 Å². The van der Waals surface area contributed by atoms with Crippen LogP contribution in [0, 0.1) is 0 Å². The van der Waals surface area contributed by atoms with E-state index in [-0.39, 0.29) is 6.04 Å². The zero-order valence-corrected chi connectivity index (χ0v) is 12.3. The van der Waals surface area contributed by atoms with Crippen molar-refractivity contribution < 1.29 is 4.74 Å². The third-order valence-corrected chi connectivity index (χ3v) is 2.68. The van der Waals surface area contributed by atoms with Crippen LogP contribution in [0.2, 0.25) is 0 Å². The zero-order chi connectivity index (χ0) is 14.3. The fourth-order valence-corrected chi connectivity index (χ4v) is 1.68. The Morgan fingerprint density at radius 3 is 2.42 bits per heavy atom. The standard InChI is InChI=1S/C16H26N2O/c1-12(2)18-10-13(3)11-19-16-7-5-15(6-8-16)9-14(4)17/h5-8,12,14,18H,3,9-11,17H2,1-2,4H3. The van der Waals surface area contributed by atoms with Crippen molar-refractivity contribution in [2.75, 3.05) is 13.2 Å². The molecule has 1 aromatic rings. The van der Waals surface area contributed by atoms with E-state index >= 15 is 0 Å². The topological polar surface area (TPSA) is 47.3 Å².